The lowest BCUT2D eigenvalue weighted by Crippen LogP contribution is -2.31. The van der Waals surface area contributed by atoms with E-state index in [2.05, 4.69) is 10.6 Å². The Morgan fingerprint density at radius 1 is 1.10 bits per heavy atom. The van der Waals surface area contributed by atoms with Crippen molar-refractivity contribution in [2.45, 2.75) is 19.9 Å². The molecule has 0 aliphatic heterocycles. The highest BCUT2D eigenvalue weighted by Crippen LogP contribution is 2.23. The van der Waals surface area contributed by atoms with E-state index in [0.717, 1.165) is 5.69 Å². The summed E-state index contributed by atoms with van der Waals surface area (Å²) in [6.45, 7) is 3.85. The molecular weight excluding hydrogens is 264 g/mol. The summed E-state index contributed by atoms with van der Waals surface area (Å²) in [5.74, 6) is 0.536. The van der Waals surface area contributed by atoms with Crippen LogP contribution in [0.2, 0.25) is 0 Å². The zero-order valence-corrected chi connectivity index (χ0v) is 12.5. The number of hydrogen-bond acceptors (Lipinski definition) is 3. The van der Waals surface area contributed by atoms with Crippen LogP contribution in [0.15, 0.2) is 48.5 Å². The fourth-order valence-electron chi connectivity index (χ4n) is 1.95. The molecule has 2 rings (SSSR count). The van der Waals surface area contributed by atoms with Gasteiger partial charge in [-0.1, -0.05) is 29.8 Å². The minimum absolute atomic E-state index is 0.111. The molecule has 0 bridgehead atoms. The smallest absolute Gasteiger partial charge is 0.246 e. The van der Waals surface area contributed by atoms with Gasteiger partial charge in [0.2, 0.25) is 5.91 Å². The third-order valence-electron chi connectivity index (χ3n) is 3.19. The highest BCUT2D eigenvalue weighted by Gasteiger charge is 2.14. The maximum Gasteiger partial charge on any atom is 0.246 e. The number of rotatable bonds is 5. The number of amides is 1. The molecule has 110 valence electrons. The number of carbonyl (C=O) groups excluding carboxylic acids is 1. The Morgan fingerprint density at radius 3 is 2.43 bits per heavy atom. The van der Waals surface area contributed by atoms with Gasteiger partial charge in [0.1, 0.15) is 11.8 Å². The zero-order valence-electron chi connectivity index (χ0n) is 12.5. The Kier molecular flexibility index (Phi) is 4.82. The first kappa shape index (κ1) is 14.9. The number of nitrogens with one attached hydrogen (secondary N) is 2. The van der Waals surface area contributed by atoms with Crippen LogP contribution in [0.25, 0.3) is 0 Å². The SMILES string of the molecule is COc1ccccc1NC(=O)[C@H](C)Nc1ccc(C)cc1. The lowest BCUT2D eigenvalue weighted by atomic mass is 10.2. The second kappa shape index (κ2) is 6.79. The molecule has 21 heavy (non-hydrogen) atoms. The summed E-state index contributed by atoms with van der Waals surface area (Å²) in [7, 11) is 1.58. The molecule has 0 aliphatic rings. The van der Waals surface area contributed by atoms with Crippen molar-refractivity contribution < 1.29 is 9.53 Å². The van der Waals surface area contributed by atoms with Crippen LogP contribution in [0.1, 0.15) is 12.5 Å². The Labute approximate surface area is 125 Å². The molecular formula is C17H20N2O2. The average Bonchev–Trinajstić information content (AvgIpc) is 2.50. The van der Waals surface area contributed by atoms with E-state index < -0.39 is 0 Å². The lowest BCUT2D eigenvalue weighted by Gasteiger charge is -2.16. The summed E-state index contributed by atoms with van der Waals surface area (Å²) in [6.07, 6.45) is 0. The Morgan fingerprint density at radius 2 is 1.76 bits per heavy atom. The van der Waals surface area contributed by atoms with Gasteiger partial charge in [0.15, 0.2) is 0 Å². The van der Waals surface area contributed by atoms with Crippen LogP contribution in [-0.4, -0.2) is 19.1 Å². The monoisotopic (exact) mass is 284 g/mol. The van der Waals surface area contributed by atoms with Crippen molar-refractivity contribution in [3.05, 3.63) is 54.1 Å². The van der Waals surface area contributed by atoms with Crippen LogP contribution in [0.5, 0.6) is 5.75 Å². The fraction of sp³-hybridized carbons (Fsp3) is 0.235. The summed E-state index contributed by atoms with van der Waals surface area (Å²) in [6, 6.07) is 14.9. The van der Waals surface area contributed by atoms with Gasteiger partial charge in [0.05, 0.1) is 12.8 Å². The van der Waals surface area contributed by atoms with Crippen molar-refractivity contribution in [1.82, 2.24) is 0 Å². The minimum Gasteiger partial charge on any atom is -0.495 e. The van der Waals surface area contributed by atoms with E-state index in [-0.39, 0.29) is 11.9 Å². The normalized spacial score (nSPS) is 11.6. The third-order valence-corrected chi connectivity index (χ3v) is 3.19. The molecule has 4 heteroatoms. The van der Waals surface area contributed by atoms with Gasteiger partial charge < -0.3 is 15.4 Å². The van der Waals surface area contributed by atoms with E-state index >= 15 is 0 Å². The second-order valence-electron chi connectivity index (χ2n) is 4.92. The van der Waals surface area contributed by atoms with Crippen LogP contribution < -0.4 is 15.4 Å². The number of hydrogen-bond donors (Lipinski definition) is 2. The molecule has 0 fully saturated rings. The zero-order chi connectivity index (χ0) is 15.2. The minimum atomic E-state index is -0.349. The molecule has 4 nitrogen and oxygen atoms in total. The Bertz CT molecular complexity index is 608. The third kappa shape index (κ3) is 3.99. The van der Waals surface area contributed by atoms with Crippen LogP contribution in [0.4, 0.5) is 11.4 Å². The summed E-state index contributed by atoms with van der Waals surface area (Å²) in [5.41, 5.74) is 2.78. The van der Waals surface area contributed by atoms with E-state index in [4.69, 9.17) is 4.74 Å². The maximum atomic E-state index is 12.2. The summed E-state index contributed by atoms with van der Waals surface area (Å²) in [5, 5.41) is 6.04. The number of ether oxygens (including phenoxy) is 1. The number of aryl methyl sites for hydroxylation is 1. The molecule has 0 saturated heterocycles. The highest BCUT2D eigenvalue weighted by molar-refractivity contribution is 5.97. The van der Waals surface area contributed by atoms with Gasteiger partial charge in [0, 0.05) is 5.69 Å². The van der Waals surface area contributed by atoms with E-state index in [0.29, 0.717) is 11.4 Å². The summed E-state index contributed by atoms with van der Waals surface area (Å²) < 4.78 is 5.22. The molecule has 0 saturated carbocycles. The number of methoxy groups -OCH3 is 1. The topological polar surface area (TPSA) is 50.4 Å². The van der Waals surface area contributed by atoms with Crippen molar-refractivity contribution in [2.75, 3.05) is 17.7 Å². The number of benzene rings is 2. The largest absolute Gasteiger partial charge is 0.495 e. The van der Waals surface area contributed by atoms with Crippen molar-refractivity contribution in [3.8, 4) is 5.75 Å². The van der Waals surface area contributed by atoms with Crippen molar-refractivity contribution >= 4 is 17.3 Å². The fourth-order valence-corrected chi connectivity index (χ4v) is 1.95. The summed E-state index contributed by atoms with van der Waals surface area (Å²) in [4.78, 5) is 12.2. The van der Waals surface area contributed by atoms with Gasteiger partial charge in [-0.05, 0) is 38.1 Å². The van der Waals surface area contributed by atoms with E-state index in [1.165, 1.54) is 5.56 Å². The van der Waals surface area contributed by atoms with Gasteiger partial charge in [-0.25, -0.2) is 0 Å². The average molecular weight is 284 g/mol. The number of anilines is 2. The van der Waals surface area contributed by atoms with Gasteiger partial charge in [-0.15, -0.1) is 0 Å². The Balaban J connectivity index is 2.01. The Hall–Kier alpha value is -2.49. The number of para-hydroxylation sites is 2. The molecule has 0 unspecified atom stereocenters. The van der Waals surface area contributed by atoms with Gasteiger partial charge in [-0.2, -0.15) is 0 Å². The first-order chi connectivity index (χ1) is 10.1. The lowest BCUT2D eigenvalue weighted by molar-refractivity contribution is -0.116. The molecule has 0 aliphatic carbocycles. The van der Waals surface area contributed by atoms with Crippen molar-refractivity contribution in [2.24, 2.45) is 0 Å². The maximum absolute atomic E-state index is 12.2. The standard InChI is InChI=1S/C17H20N2O2/c1-12-8-10-14(11-9-12)18-13(2)17(20)19-15-6-4-5-7-16(15)21-3/h4-11,13,18H,1-3H3,(H,19,20)/t13-/m0/s1. The molecule has 0 radical (unpaired) electrons. The predicted octanol–water partition coefficient (Wildman–Crippen LogP) is 3.44. The molecule has 2 N–H and O–H groups in total. The van der Waals surface area contributed by atoms with Crippen LogP contribution >= 0.6 is 0 Å². The number of carbonyl (C=O) groups is 1. The first-order valence-corrected chi connectivity index (χ1v) is 6.87. The van der Waals surface area contributed by atoms with E-state index in [1.807, 2.05) is 62.4 Å². The van der Waals surface area contributed by atoms with E-state index in [9.17, 15) is 4.79 Å². The molecule has 1 atom stereocenters. The van der Waals surface area contributed by atoms with Gasteiger partial charge >= 0.3 is 0 Å². The van der Waals surface area contributed by atoms with E-state index in [1.54, 1.807) is 7.11 Å². The molecule has 0 heterocycles. The highest BCUT2D eigenvalue weighted by atomic mass is 16.5. The molecule has 0 spiro atoms. The van der Waals surface area contributed by atoms with Crippen molar-refractivity contribution in [3.63, 3.8) is 0 Å². The quantitative estimate of drug-likeness (QED) is 0.884. The van der Waals surface area contributed by atoms with Crippen LogP contribution in [-0.2, 0) is 4.79 Å². The predicted molar refractivity (Wildman–Crippen MR) is 85.9 cm³/mol. The second-order valence-corrected chi connectivity index (χ2v) is 4.92. The van der Waals surface area contributed by atoms with Crippen LogP contribution in [0, 0.1) is 6.92 Å². The van der Waals surface area contributed by atoms with Crippen LogP contribution in [0.3, 0.4) is 0 Å². The van der Waals surface area contributed by atoms with Gasteiger partial charge in [0.25, 0.3) is 0 Å². The molecule has 2 aromatic rings. The van der Waals surface area contributed by atoms with Crippen molar-refractivity contribution in [1.29, 1.82) is 0 Å². The molecule has 1 amide bonds. The molecule has 2 aromatic carbocycles. The first-order valence-electron chi connectivity index (χ1n) is 6.87. The molecule has 0 aromatic heterocycles. The van der Waals surface area contributed by atoms with Gasteiger partial charge in [-0.3, -0.25) is 4.79 Å². The summed E-state index contributed by atoms with van der Waals surface area (Å²) >= 11 is 0.